The number of hydrogen-bond acceptors (Lipinski definition) is 5. The van der Waals surface area contributed by atoms with Gasteiger partial charge in [0.15, 0.2) is 5.69 Å². The van der Waals surface area contributed by atoms with E-state index in [4.69, 9.17) is 5.26 Å². The van der Waals surface area contributed by atoms with Gasteiger partial charge in [-0.1, -0.05) is 30.3 Å². The summed E-state index contributed by atoms with van der Waals surface area (Å²) in [5.41, 5.74) is 1.52. The number of aromatic nitrogens is 2. The Bertz CT molecular complexity index is 982. The van der Waals surface area contributed by atoms with E-state index in [0.717, 1.165) is 0 Å². The van der Waals surface area contributed by atoms with Crippen molar-refractivity contribution in [3.05, 3.63) is 83.3 Å². The molecule has 6 nitrogen and oxygen atoms in total. The van der Waals surface area contributed by atoms with Crippen LogP contribution in [-0.4, -0.2) is 22.6 Å². The lowest BCUT2D eigenvalue weighted by Crippen LogP contribution is -2.16. The van der Waals surface area contributed by atoms with Gasteiger partial charge in [0.05, 0.1) is 11.3 Å². The third-order valence-electron chi connectivity index (χ3n) is 3.85. The number of carbonyl (C=O) groups excluding carboxylic acids is 1. The summed E-state index contributed by atoms with van der Waals surface area (Å²) in [6, 6.07) is 18.5. The molecule has 1 heterocycles. The molecule has 0 saturated heterocycles. The van der Waals surface area contributed by atoms with Crippen LogP contribution in [0.2, 0.25) is 0 Å². The third-order valence-corrected chi connectivity index (χ3v) is 3.85. The lowest BCUT2D eigenvalue weighted by molar-refractivity contribution is 0.102. The van der Waals surface area contributed by atoms with Crippen LogP contribution in [0.25, 0.3) is 0 Å². The zero-order valence-electron chi connectivity index (χ0n) is 14.3. The molecule has 0 spiro atoms. The number of rotatable bonds is 6. The predicted octanol–water partition coefficient (Wildman–Crippen LogP) is 3.39. The van der Waals surface area contributed by atoms with Crippen LogP contribution in [0.1, 0.15) is 21.6 Å². The van der Waals surface area contributed by atoms with E-state index in [1.807, 2.05) is 6.07 Å². The predicted molar refractivity (Wildman–Crippen MR) is 99.7 cm³/mol. The summed E-state index contributed by atoms with van der Waals surface area (Å²) in [4.78, 5) is 12.2. The summed E-state index contributed by atoms with van der Waals surface area (Å²) >= 11 is 0. The lowest BCUT2D eigenvalue weighted by atomic mass is 10.1. The molecule has 0 atom stereocenters. The van der Waals surface area contributed by atoms with Crippen LogP contribution in [0, 0.1) is 17.1 Å². The summed E-state index contributed by atoms with van der Waals surface area (Å²) in [5.74, 6) is -0.210. The van der Waals surface area contributed by atoms with Crippen molar-refractivity contribution >= 4 is 17.4 Å². The van der Waals surface area contributed by atoms with Gasteiger partial charge in [-0.25, -0.2) is 4.39 Å². The Kier molecular flexibility index (Phi) is 5.70. The van der Waals surface area contributed by atoms with Gasteiger partial charge in [0.2, 0.25) is 0 Å². The molecule has 0 radical (unpaired) electrons. The van der Waals surface area contributed by atoms with E-state index in [9.17, 15) is 9.18 Å². The van der Waals surface area contributed by atoms with E-state index in [1.165, 1.54) is 12.1 Å². The molecule has 0 aliphatic rings. The summed E-state index contributed by atoms with van der Waals surface area (Å²) < 4.78 is 13.6. The van der Waals surface area contributed by atoms with E-state index in [2.05, 4.69) is 20.8 Å². The summed E-state index contributed by atoms with van der Waals surface area (Å²) in [7, 11) is 0. The third kappa shape index (κ3) is 4.64. The number of anilines is 2. The average Bonchev–Trinajstić information content (AvgIpc) is 2.70. The molecule has 0 unspecified atom stereocenters. The van der Waals surface area contributed by atoms with Crippen LogP contribution in [0.15, 0.2) is 60.7 Å². The molecule has 0 bridgehead atoms. The second-order valence-corrected chi connectivity index (χ2v) is 5.68. The zero-order chi connectivity index (χ0) is 19.1. The van der Waals surface area contributed by atoms with Gasteiger partial charge in [-0.15, -0.1) is 10.2 Å². The minimum Gasteiger partial charge on any atom is -0.368 e. The Morgan fingerprint density at radius 3 is 2.56 bits per heavy atom. The summed E-state index contributed by atoms with van der Waals surface area (Å²) in [6.07, 6.45) is 0.502. The van der Waals surface area contributed by atoms with E-state index < -0.39 is 5.91 Å². The molecule has 1 amide bonds. The number of hydrogen-bond donors (Lipinski definition) is 2. The molecule has 3 aromatic rings. The Morgan fingerprint density at radius 2 is 1.81 bits per heavy atom. The molecule has 0 saturated carbocycles. The standard InChI is InChI=1S/C20H16FN5O/c21-16-7-3-1-5-14(16)11-12-23-19-10-9-18(25-26-19)20(27)24-17-8-4-2-6-15(17)13-22/h1-10H,11-12H2,(H,23,26)(H,24,27). The van der Waals surface area contributed by atoms with E-state index in [1.54, 1.807) is 48.5 Å². The first-order valence-corrected chi connectivity index (χ1v) is 8.29. The molecule has 27 heavy (non-hydrogen) atoms. The molecule has 2 N–H and O–H groups in total. The van der Waals surface area contributed by atoms with E-state index in [-0.39, 0.29) is 11.5 Å². The molecule has 7 heteroatoms. The number of nitrogens with zero attached hydrogens (tertiary/aromatic N) is 3. The SMILES string of the molecule is N#Cc1ccccc1NC(=O)c1ccc(NCCc2ccccc2F)nn1. The Hall–Kier alpha value is -3.79. The Morgan fingerprint density at radius 1 is 1.04 bits per heavy atom. The van der Waals surface area contributed by atoms with Gasteiger partial charge < -0.3 is 10.6 Å². The highest BCUT2D eigenvalue weighted by atomic mass is 19.1. The van der Waals surface area contributed by atoms with Crippen LogP contribution in [0.5, 0.6) is 0 Å². The van der Waals surface area contributed by atoms with Crippen molar-refractivity contribution in [1.29, 1.82) is 5.26 Å². The molecule has 0 fully saturated rings. The molecular formula is C20H16FN5O. The fraction of sp³-hybridized carbons (Fsp3) is 0.100. The molecule has 2 aromatic carbocycles. The molecule has 0 aliphatic heterocycles. The topological polar surface area (TPSA) is 90.7 Å². The largest absolute Gasteiger partial charge is 0.368 e. The van der Waals surface area contributed by atoms with Crippen LogP contribution >= 0.6 is 0 Å². The lowest BCUT2D eigenvalue weighted by Gasteiger charge is -2.08. The van der Waals surface area contributed by atoms with Crippen molar-refractivity contribution in [2.24, 2.45) is 0 Å². The smallest absolute Gasteiger partial charge is 0.276 e. The monoisotopic (exact) mass is 361 g/mol. The van der Waals surface area contributed by atoms with E-state index >= 15 is 0 Å². The van der Waals surface area contributed by atoms with Gasteiger partial charge in [0.1, 0.15) is 17.7 Å². The van der Waals surface area contributed by atoms with Crippen LogP contribution in [0.4, 0.5) is 15.9 Å². The average molecular weight is 361 g/mol. The second kappa shape index (κ2) is 8.54. The summed E-state index contributed by atoms with van der Waals surface area (Å²) in [6.45, 7) is 0.483. The maximum Gasteiger partial charge on any atom is 0.276 e. The minimum absolute atomic E-state index is 0.127. The first-order chi connectivity index (χ1) is 13.2. The van der Waals surface area contributed by atoms with Gasteiger partial charge in [0.25, 0.3) is 5.91 Å². The maximum absolute atomic E-state index is 13.6. The highest BCUT2D eigenvalue weighted by Crippen LogP contribution is 2.15. The number of nitrogens with one attached hydrogen (secondary N) is 2. The van der Waals surface area contributed by atoms with Crippen molar-refractivity contribution in [3.63, 3.8) is 0 Å². The van der Waals surface area contributed by atoms with Gasteiger partial charge in [0, 0.05) is 6.54 Å². The molecule has 0 aliphatic carbocycles. The van der Waals surface area contributed by atoms with Crippen molar-refractivity contribution in [2.75, 3.05) is 17.2 Å². The molecule has 134 valence electrons. The van der Waals surface area contributed by atoms with Gasteiger partial charge in [-0.05, 0) is 42.3 Å². The maximum atomic E-state index is 13.6. The zero-order valence-corrected chi connectivity index (χ0v) is 14.3. The fourth-order valence-electron chi connectivity index (χ4n) is 2.45. The van der Waals surface area contributed by atoms with Crippen LogP contribution < -0.4 is 10.6 Å². The number of amides is 1. The van der Waals surface area contributed by atoms with Crippen LogP contribution in [0.3, 0.4) is 0 Å². The number of nitriles is 1. The summed E-state index contributed by atoms with van der Waals surface area (Å²) in [5, 5.41) is 22.6. The molecular weight excluding hydrogens is 345 g/mol. The van der Waals surface area contributed by atoms with Crippen LogP contribution in [-0.2, 0) is 6.42 Å². The van der Waals surface area contributed by atoms with Gasteiger partial charge in [-0.2, -0.15) is 5.26 Å². The van der Waals surface area contributed by atoms with E-state index in [0.29, 0.717) is 35.6 Å². The first kappa shape index (κ1) is 18.0. The first-order valence-electron chi connectivity index (χ1n) is 8.29. The second-order valence-electron chi connectivity index (χ2n) is 5.68. The Balaban J connectivity index is 1.57. The minimum atomic E-state index is -0.455. The van der Waals surface area contributed by atoms with Crippen molar-refractivity contribution in [1.82, 2.24) is 10.2 Å². The number of carbonyl (C=O) groups is 1. The normalized spacial score (nSPS) is 10.1. The molecule has 1 aromatic heterocycles. The number of para-hydroxylation sites is 1. The van der Waals surface area contributed by atoms with Gasteiger partial charge >= 0.3 is 0 Å². The quantitative estimate of drug-likeness (QED) is 0.702. The van der Waals surface area contributed by atoms with Gasteiger partial charge in [-0.3, -0.25) is 4.79 Å². The Labute approximate surface area is 155 Å². The number of halogens is 1. The number of benzene rings is 2. The highest BCUT2D eigenvalue weighted by molar-refractivity contribution is 6.03. The highest BCUT2D eigenvalue weighted by Gasteiger charge is 2.11. The fourth-order valence-corrected chi connectivity index (χ4v) is 2.45. The van der Waals surface area contributed by atoms with Crippen molar-refractivity contribution < 1.29 is 9.18 Å². The van der Waals surface area contributed by atoms with Crippen molar-refractivity contribution in [2.45, 2.75) is 6.42 Å². The van der Waals surface area contributed by atoms with Crippen molar-refractivity contribution in [3.8, 4) is 6.07 Å². The molecule has 3 rings (SSSR count).